The number of carbonyl (C=O) groups is 1. The molecular formula is C17H24N2O4. The van der Waals surface area contributed by atoms with Gasteiger partial charge in [0, 0.05) is 12.2 Å². The van der Waals surface area contributed by atoms with Crippen molar-refractivity contribution in [3.63, 3.8) is 0 Å². The summed E-state index contributed by atoms with van der Waals surface area (Å²) in [4.78, 5) is 12.2. The van der Waals surface area contributed by atoms with Crippen molar-refractivity contribution < 1.29 is 19.0 Å². The topological polar surface area (TPSA) is 68.8 Å². The maximum absolute atomic E-state index is 12.2. The summed E-state index contributed by atoms with van der Waals surface area (Å²) in [6, 6.07) is 5.60. The summed E-state index contributed by atoms with van der Waals surface area (Å²) in [5, 5.41) is 5.94. The first-order chi connectivity index (χ1) is 11.2. The number of carbonyl (C=O) groups excluding carboxylic acids is 1. The number of urea groups is 1. The average Bonchev–Trinajstić information content (AvgIpc) is 3.08. The molecule has 2 N–H and O–H groups in total. The lowest BCUT2D eigenvalue weighted by atomic mass is 10.0. The molecule has 2 heterocycles. The fourth-order valence-electron chi connectivity index (χ4n) is 3.17. The molecule has 2 aliphatic rings. The van der Waals surface area contributed by atoms with Crippen molar-refractivity contribution in [1.82, 2.24) is 10.6 Å². The van der Waals surface area contributed by atoms with Crippen LogP contribution < -0.4 is 20.1 Å². The van der Waals surface area contributed by atoms with Gasteiger partial charge in [-0.2, -0.15) is 0 Å². The molecule has 126 valence electrons. The quantitative estimate of drug-likeness (QED) is 0.888. The number of amides is 2. The van der Waals surface area contributed by atoms with E-state index in [4.69, 9.17) is 14.2 Å². The number of hydrogen-bond donors (Lipinski definition) is 2. The van der Waals surface area contributed by atoms with Crippen LogP contribution in [-0.2, 0) is 11.2 Å². The monoisotopic (exact) mass is 320 g/mol. The molecule has 0 unspecified atom stereocenters. The van der Waals surface area contributed by atoms with Gasteiger partial charge < -0.3 is 24.8 Å². The van der Waals surface area contributed by atoms with Gasteiger partial charge in [-0.05, 0) is 32.3 Å². The summed E-state index contributed by atoms with van der Waals surface area (Å²) in [7, 11) is 1.63. The highest BCUT2D eigenvalue weighted by Crippen LogP contribution is 2.34. The van der Waals surface area contributed by atoms with Crippen LogP contribution >= 0.6 is 0 Å². The molecule has 0 bridgehead atoms. The Hall–Kier alpha value is -1.95. The molecular weight excluding hydrogens is 296 g/mol. The van der Waals surface area contributed by atoms with Gasteiger partial charge in [-0.25, -0.2) is 4.79 Å². The maximum atomic E-state index is 12.2. The number of hydrogen-bond acceptors (Lipinski definition) is 4. The molecule has 1 fully saturated rings. The van der Waals surface area contributed by atoms with Crippen LogP contribution in [0.25, 0.3) is 0 Å². The Morgan fingerprint density at radius 3 is 3.04 bits per heavy atom. The molecule has 1 aromatic carbocycles. The lowest BCUT2D eigenvalue weighted by molar-refractivity contribution is 0.0856. The normalized spacial score (nSPS) is 24.3. The van der Waals surface area contributed by atoms with Crippen LogP contribution in [0.2, 0.25) is 0 Å². The molecule has 1 aromatic rings. The lowest BCUT2D eigenvalue weighted by Gasteiger charge is -2.28. The van der Waals surface area contributed by atoms with Gasteiger partial charge >= 0.3 is 6.03 Å². The predicted octanol–water partition coefficient (Wildman–Crippen LogP) is 1.87. The Labute approximate surface area is 136 Å². The van der Waals surface area contributed by atoms with E-state index in [0.717, 1.165) is 42.9 Å². The first kappa shape index (κ1) is 15.9. The molecule has 0 aromatic heterocycles. The number of para-hydroxylation sites is 1. The number of fused-ring (bicyclic) bond motifs is 1. The minimum Gasteiger partial charge on any atom is -0.493 e. The number of rotatable bonds is 4. The summed E-state index contributed by atoms with van der Waals surface area (Å²) >= 11 is 0. The Morgan fingerprint density at radius 1 is 1.43 bits per heavy atom. The zero-order chi connectivity index (χ0) is 16.2. The Bertz CT molecular complexity index is 558. The highest BCUT2D eigenvalue weighted by atomic mass is 16.5. The highest BCUT2D eigenvalue weighted by molar-refractivity contribution is 5.74. The predicted molar refractivity (Wildman–Crippen MR) is 86.1 cm³/mol. The molecule has 6 nitrogen and oxygen atoms in total. The SMILES string of the molecule is COc1cccc2c1OC[C@H](NC(=O)N[C@@H](C)[C@@H]1CCCO1)C2. The number of ether oxygens (including phenoxy) is 3. The van der Waals surface area contributed by atoms with Crippen molar-refractivity contribution in [3.8, 4) is 11.5 Å². The number of nitrogens with one attached hydrogen (secondary N) is 2. The molecule has 3 atom stereocenters. The Balaban J connectivity index is 1.53. The van der Waals surface area contributed by atoms with E-state index in [-0.39, 0.29) is 24.2 Å². The van der Waals surface area contributed by atoms with Crippen molar-refractivity contribution in [2.45, 2.75) is 44.4 Å². The molecule has 0 radical (unpaired) electrons. The van der Waals surface area contributed by atoms with E-state index in [9.17, 15) is 4.79 Å². The molecule has 23 heavy (non-hydrogen) atoms. The van der Waals surface area contributed by atoms with Gasteiger partial charge in [0.25, 0.3) is 0 Å². The van der Waals surface area contributed by atoms with E-state index in [1.54, 1.807) is 7.11 Å². The van der Waals surface area contributed by atoms with Gasteiger partial charge in [0.1, 0.15) is 6.61 Å². The third-order valence-corrected chi connectivity index (χ3v) is 4.39. The van der Waals surface area contributed by atoms with Crippen LogP contribution in [-0.4, -0.2) is 44.5 Å². The van der Waals surface area contributed by atoms with E-state index in [1.807, 2.05) is 25.1 Å². The molecule has 2 aliphatic heterocycles. The molecule has 0 spiro atoms. The van der Waals surface area contributed by atoms with E-state index >= 15 is 0 Å². The molecule has 0 aliphatic carbocycles. The second kappa shape index (κ2) is 7.08. The summed E-state index contributed by atoms with van der Waals surface area (Å²) in [5.74, 6) is 1.51. The minimum absolute atomic E-state index is 0.00869. The van der Waals surface area contributed by atoms with Gasteiger partial charge in [0.15, 0.2) is 11.5 Å². The fraction of sp³-hybridized carbons (Fsp3) is 0.588. The van der Waals surface area contributed by atoms with Crippen LogP contribution in [0.4, 0.5) is 4.79 Å². The largest absolute Gasteiger partial charge is 0.493 e. The molecule has 6 heteroatoms. The first-order valence-electron chi connectivity index (χ1n) is 8.14. The average molecular weight is 320 g/mol. The summed E-state index contributed by atoms with van der Waals surface area (Å²) in [5.41, 5.74) is 1.05. The number of methoxy groups -OCH3 is 1. The summed E-state index contributed by atoms with van der Waals surface area (Å²) in [6.07, 6.45) is 2.91. The Kier molecular flexibility index (Phi) is 4.91. The van der Waals surface area contributed by atoms with Crippen molar-refractivity contribution in [2.75, 3.05) is 20.3 Å². The number of benzene rings is 1. The Morgan fingerprint density at radius 2 is 2.30 bits per heavy atom. The smallest absolute Gasteiger partial charge is 0.315 e. The maximum Gasteiger partial charge on any atom is 0.315 e. The van der Waals surface area contributed by atoms with Crippen molar-refractivity contribution in [2.24, 2.45) is 0 Å². The second-order valence-corrected chi connectivity index (χ2v) is 6.12. The van der Waals surface area contributed by atoms with Gasteiger partial charge in [-0.3, -0.25) is 0 Å². The molecule has 3 rings (SSSR count). The third kappa shape index (κ3) is 3.69. The zero-order valence-electron chi connectivity index (χ0n) is 13.6. The van der Waals surface area contributed by atoms with Gasteiger partial charge in [0.05, 0.1) is 25.3 Å². The van der Waals surface area contributed by atoms with Crippen LogP contribution in [0.3, 0.4) is 0 Å². The summed E-state index contributed by atoms with van der Waals surface area (Å²) in [6.45, 7) is 3.20. The van der Waals surface area contributed by atoms with Gasteiger partial charge in [-0.15, -0.1) is 0 Å². The van der Waals surface area contributed by atoms with Crippen LogP contribution in [0.1, 0.15) is 25.3 Å². The standard InChI is InChI=1S/C17H24N2O4/c1-11(14-7-4-8-22-14)18-17(20)19-13-9-12-5-3-6-15(21-2)16(12)23-10-13/h3,5-6,11,13-14H,4,7-10H2,1-2H3,(H2,18,19,20)/t11-,13+,14-/m0/s1. The summed E-state index contributed by atoms with van der Waals surface area (Å²) < 4.78 is 16.7. The third-order valence-electron chi connectivity index (χ3n) is 4.39. The van der Waals surface area contributed by atoms with Crippen molar-refractivity contribution >= 4 is 6.03 Å². The first-order valence-corrected chi connectivity index (χ1v) is 8.14. The molecule has 2 amide bonds. The second-order valence-electron chi connectivity index (χ2n) is 6.12. The van der Waals surface area contributed by atoms with Crippen LogP contribution in [0.5, 0.6) is 11.5 Å². The van der Waals surface area contributed by atoms with Crippen LogP contribution in [0, 0.1) is 0 Å². The van der Waals surface area contributed by atoms with Crippen LogP contribution in [0.15, 0.2) is 18.2 Å². The van der Waals surface area contributed by atoms with E-state index in [1.165, 1.54) is 0 Å². The fourth-order valence-corrected chi connectivity index (χ4v) is 3.17. The van der Waals surface area contributed by atoms with Crippen molar-refractivity contribution in [1.29, 1.82) is 0 Å². The van der Waals surface area contributed by atoms with Gasteiger partial charge in [-0.1, -0.05) is 12.1 Å². The lowest BCUT2D eigenvalue weighted by Crippen LogP contribution is -2.51. The van der Waals surface area contributed by atoms with E-state index < -0.39 is 0 Å². The molecule has 1 saturated heterocycles. The highest BCUT2D eigenvalue weighted by Gasteiger charge is 2.26. The van der Waals surface area contributed by atoms with Gasteiger partial charge in [0.2, 0.25) is 0 Å². The molecule has 0 saturated carbocycles. The minimum atomic E-state index is -0.173. The zero-order valence-corrected chi connectivity index (χ0v) is 13.6. The van der Waals surface area contributed by atoms with E-state index in [0.29, 0.717) is 6.61 Å². The van der Waals surface area contributed by atoms with Crippen molar-refractivity contribution in [3.05, 3.63) is 23.8 Å². The van der Waals surface area contributed by atoms with E-state index in [2.05, 4.69) is 10.6 Å².